The molecule has 1 saturated carbocycles. The fourth-order valence-corrected chi connectivity index (χ4v) is 3.00. The predicted molar refractivity (Wildman–Crippen MR) is 103 cm³/mol. The van der Waals surface area contributed by atoms with Crippen LogP contribution < -0.4 is 33.2 Å². The Morgan fingerprint density at radius 2 is 1.69 bits per heavy atom. The van der Waals surface area contributed by atoms with Gasteiger partial charge in [-0.05, 0) is 62.4 Å². The Morgan fingerprint density at radius 1 is 1.04 bits per heavy atom. The third kappa shape index (κ3) is 4.89. The van der Waals surface area contributed by atoms with Crippen LogP contribution in [0.1, 0.15) is 37.2 Å². The van der Waals surface area contributed by atoms with Gasteiger partial charge in [0.25, 0.3) is 5.91 Å². The van der Waals surface area contributed by atoms with E-state index in [1.165, 1.54) is 5.56 Å². The number of benzene rings is 1. The molecule has 2 fully saturated rings. The number of nitrogens with two attached hydrogens (primary N) is 3. The Balaban J connectivity index is 1.67. The van der Waals surface area contributed by atoms with Crippen molar-refractivity contribution in [2.24, 2.45) is 22.2 Å². The Labute approximate surface area is 153 Å². The number of amides is 1. The molecule has 1 amide bonds. The van der Waals surface area contributed by atoms with Gasteiger partial charge in [-0.2, -0.15) is 4.99 Å². The summed E-state index contributed by atoms with van der Waals surface area (Å²) in [4.78, 5) is 15.5. The van der Waals surface area contributed by atoms with E-state index in [9.17, 15) is 4.79 Å². The van der Waals surface area contributed by atoms with Crippen LogP contribution in [0.5, 0.6) is 0 Å². The van der Waals surface area contributed by atoms with Gasteiger partial charge in [0.1, 0.15) is 5.70 Å². The molecule has 1 aliphatic heterocycles. The minimum Gasteiger partial charge on any atom is -0.391 e. The van der Waals surface area contributed by atoms with Gasteiger partial charge in [0.05, 0.1) is 0 Å². The summed E-state index contributed by atoms with van der Waals surface area (Å²) in [6, 6.07) is 8.46. The quantitative estimate of drug-likeness (QED) is 0.245. The molecule has 9 N–H and O–H groups in total. The van der Waals surface area contributed by atoms with Crippen molar-refractivity contribution in [3.63, 3.8) is 0 Å². The molecule has 8 nitrogen and oxygen atoms in total. The zero-order valence-electron chi connectivity index (χ0n) is 14.8. The van der Waals surface area contributed by atoms with E-state index in [1.807, 2.05) is 12.1 Å². The molecule has 1 heterocycles. The first-order valence-electron chi connectivity index (χ1n) is 9.01. The molecule has 0 spiro atoms. The molecule has 0 unspecified atom stereocenters. The van der Waals surface area contributed by atoms with Crippen LogP contribution in [0.25, 0.3) is 0 Å². The number of rotatable bonds is 6. The van der Waals surface area contributed by atoms with Crippen LogP contribution in [0.15, 0.2) is 40.8 Å². The molecular weight excluding hydrogens is 330 g/mol. The largest absolute Gasteiger partial charge is 0.391 e. The van der Waals surface area contributed by atoms with E-state index in [1.54, 1.807) is 0 Å². The van der Waals surface area contributed by atoms with Crippen LogP contribution >= 0.6 is 0 Å². The van der Waals surface area contributed by atoms with Crippen molar-refractivity contribution in [1.29, 1.82) is 0 Å². The number of carbonyl (C=O) groups excluding carboxylic acids is 1. The van der Waals surface area contributed by atoms with Gasteiger partial charge in [-0.25, -0.2) is 0 Å². The number of hydrogen-bond acceptors (Lipinski definition) is 5. The lowest BCUT2D eigenvalue weighted by Crippen LogP contribution is -2.30. The molecule has 2 aliphatic rings. The predicted octanol–water partition coefficient (Wildman–Crippen LogP) is 0.245. The van der Waals surface area contributed by atoms with Crippen molar-refractivity contribution in [2.45, 2.75) is 37.6 Å². The van der Waals surface area contributed by atoms with Crippen LogP contribution in [0.2, 0.25) is 0 Å². The first kappa shape index (κ1) is 18.1. The van der Waals surface area contributed by atoms with Gasteiger partial charge in [-0.3, -0.25) is 4.79 Å². The van der Waals surface area contributed by atoms with E-state index in [2.05, 4.69) is 33.1 Å². The van der Waals surface area contributed by atoms with Crippen molar-refractivity contribution in [1.82, 2.24) is 10.6 Å². The summed E-state index contributed by atoms with van der Waals surface area (Å²) in [5.74, 6) is 0.239. The van der Waals surface area contributed by atoms with E-state index in [0.717, 1.165) is 44.5 Å². The first-order chi connectivity index (χ1) is 12.5. The van der Waals surface area contributed by atoms with Crippen LogP contribution in [-0.2, 0) is 4.79 Å². The summed E-state index contributed by atoms with van der Waals surface area (Å²) < 4.78 is 0. The SMILES string of the molecule is NC(=O)/C(N)=C(/N=C(\N)Nc1ccc(C2CCNCC2)cc1)NC1CC1. The Kier molecular flexibility index (Phi) is 5.62. The number of aliphatic imine (C=N–C) groups is 1. The number of piperidine rings is 1. The highest BCUT2D eigenvalue weighted by Gasteiger charge is 2.24. The van der Waals surface area contributed by atoms with E-state index in [4.69, 9.17) is 17.2 Å². The molecule has 0 atom stereocenters. The maximum atomic E-state index is 11.3. The first-order valence-corrected chi connectivity index (χ1v) is 9.01. The summed E-state index contributed by atoms with van der Waals surface area (Å²) in [6.45, 7) is 2.13. The highest BCUT2D eigenvalue weighted by molar-refractivity contribution is 5.95. The second kappa shape index (κ2) is 8.09. The number of primary amides is 1. The average molecular weight is 357 g/mol. The molecule has 1 aromatic rings. The number of guanidine groups is 1. The van der Waals surface area contributed by atoms with Gasteiger partial charge in [-0.1, -0.05) is 12.1 Å². The topological polar surface area (TPSA) is 144 Å². The van der Waals surface area contributed by atoms with Crippen LogP contribution in [-0.4, -0.2) is 31.0 Å². The molecule has 26 heavy (non-hydrogen) atoms. The van der Waals surface area contributed by atoms with Crippen molar-refractivity contribution >= 4 is 17.6 Å². The summed E-state index contributed by atoms with van der Waals surface area (Å²) >= 11 is 0. The van der Waals surface area contributed by atoms with Crippen molar-refractivity contribution in [3.05, 3.63) is 41.3 Å². The van der Waals surface area contributed by atoms with Gasteiger partial charge < -0.3 is 33.2 Å². The Bertz CT molecular complexity index is 701. The lowest BCUT2D eigenvalue weighted by atomic mass is 9.90. The minimum absolute atomic E-state index is 0.122. The van der Waals surface area contributed by atoms with Crippen molar-refractivity contribution in [3.8, 4) is 0 Å². The highest BCUT2D eigenvalue weighted by Crippen LogP contribution is 2.26. The number of nitrogens with zero attached hydrogens (tertiary/aromatic N) is 1. The van der Waals surface area contributed by atoms with Gasteiger partial charge in [0.15, 0.2) is 11.8 Å². The van der Waals surface area contributed by atoms with E-state index >= 15 is 0 Å². The zero-order chi connectivity index (χ0) is 18.5. The van der Waals surface area contributed by atoms with Crippen LogP contribution in [0, 0.1) is 0 Å². The molecule has 3 rings (SSSR count). The Hall–Kier alpha value is -2.74. The van der Waals surface area contributed by atoms with Gasteiger partial charge >= 0.3 is 0 Å². The second-order valence-electron chi connectivity index (χ2n) is 6.81. The molecule has 8 heteroatoms. The standard InChI is InChI=1S/C18H27N7O/c19-15(16(20)26)17(23-13-5-6-13)25-18(21)24-14-3-1-11(2-4-14)12-7-9-22-10-8-12/h1-4,12-13,22-23H,5-10,19H2,(H2,20,26)(H3,21,24,25)/b17-15-. The molecule has 1 saturated heterocycles. The van der Waals surface area contributed by atoms with Crippen LogP contribution in [0.4, 0.5) is 5.69 Å². The highest BCUT2D eigenvalue weighted by atomic mass is 16.1. The van der Waals surface area contributed by atoms with Gasteiger partial charge in [-0.15, -0.1) is 0 Å². The summed E-state index contributed by atoms with van der Waals surface area (Å²) in [6.07, 6.45) is 4.33. The molecule has 0 aromatic heterocycles. The maximum Gasteiger partial charge on any atom is 0.268 e. The van der Waals surface area contributed by atoms with E-state index in [0.29, 0.717) is 5.92 Å². The fourth-order valence-electron chi connectivity index (χ4n) is 3.00. The second-order valence-corrected chi connectivity index (χ2v) is 6.81. The number of anilines is 1. The summed E-state index contributed by atoms with van der Waals surface area (Å²) in [5.41, 5.74) is 19.0. The average Bonchev–Trinajstić information content (AvgIpc) is 3.46. The van der Waals surface area contributed by atoms with Crippen LogP contribution in [0.3, 0.4) is 0 Å². The Morgan fingerprint density at radius 3 is 2.27 bits per heavy atom. The van der Waals surface area contributed by atoms with Crippen molar-refractivity contribution < 1.29 is 4.79 Å². The maximum absolute atomic E-state index is 11.3. The summed E-state index contributed by atoms with van der Waals surface area (Å²) in [5, 5.41) is 9.48. The van der Waals surface area contributed by atoms with E-state index in [-0.39, 0.29) is 23.5 Å². The fraction of sp³-hybridized carbons (Fsp3) is 0.444. The number of nitrogens with one attached hydrogen (secondary N) is 3. The third-order valence-electron chi connectivity index (χ3n) is 4.66. The molecule has 1 aliphatic carbocycles. The minimum atomic E-state index is -0.726. The van der Waals surface area contributed by atoms with Gasteiger partial charge in [0, 0.05) is 11.7 Å². The normalized spacial score (nSPS) is 19.6. The summed E-state index contributed by atoms with van der Waals surface area (Å²) in [7, 11) is 0. The number of hydrogen-bond donors (Lipinski definition) is 6. The molecule has 0 bridgehead atoms. The number of carbonyl (C=O) groups is 1. The smallest absolute Gasteiger partial charge is 0.268 e. The van der Waals surface area contributed by atoms with Crippen molar-refractivity contribution in [2.75, 3.05) is 18.4 Å². The van der Waals surface area contributed by atoms with E-state index < -0.39 is 5.91 Å². The lowest BCUT2D eigenvalue weighted by molar-refractivity contribution is -0.114. The van der Waals surface area contributed by atoms with Gasteiger partial charge in [0.2, 0.25) is 0 Å². The molecule has 140 valence electrons. The molecule has 1 aromatic carbocycles. The molecular formula is C18H27N7O. The molecule has 0 radical (unpaired) electrons. The zero-order valence-corrected chi connectivity index (χ0v) is 14.8. The monoisotopic (exact) mass is 357 g/mol. The lowest BCUT2D eigenvalue weighted by Gasteiger charge is -2.23. The third-order valence-corrected chi connectivity index (χ3v) is 4.66.